The zero-order valence-corrected chi connectivity index (χ0v) is 11.0. The minimum Gasteiger partial charge on any atom is -0.299 e. The fourth-order valence-corrected chi connectivity index (χ4v) is 3.90. The van der Waals surface area contributed by atoms with Gasteiger partial charge in [-0.1, -0.05) is 43.2 Å². The highest BCUT2D eigenvalue weighted by molar-refractivity contribution is 5.81. The second kappa shape index (κ2) is 5.26. The van der Waals surface area contributed by atoms with Crippen molar-refractivity contribution >= 4 is 5.78 Å². The maximum Gasteiger partial charge on any atom is 0.136 e. The molecule has 2 aliphatic carbocycles. The van der Waals surface area contributed by atoms with Gasteiger partial charge in [0.25, 0.3) is 0 Å². The molecule has 0 N–H and O–H groups in total. The van der Waals surface area contributed by atoms with Gasteiger partial charge in [-0.3, -0.25) is 4.79 Å². The molecule has 3 atom stereocenters. The van der Waals surface area contributed by atoms with Gasteiger partial charge in [0.2, 0.25) is 0 Å². The Morgan fingerprint density at radius 2 is 1.78 bits per heavy atom. The number of Topliss-reactive ketones (excluding diaryl/α,β-unsaturated/α-hetero) is 1. The molecule has 1 aromatic rings. The van der Waals surface area contributed by atoms with Crippen LogP contribution >= 0.6 is 0 Å². The first-order valence-electron chi connectivity index (χ1n) is 7.42. The third kappa shape index (κ3) is 2.36. The van der Waals surface area contributed by atoms with Gasteiger partial charge in [0.1, 0.15) is 5.78 Å². The standard InChI is InChI=1S/C17H22O/c18-17-10-6-2-5-9-14-11-15(12-16(14)17)13-7-3-1-4-8-13/h1,3-4,7-8,14-16H,2,5-6,9-12H2/t14-,15+,16-/m1/s1. The van der Waals surface area contributed by atoms with Crippen LogP contribution in [-0.4, -0.2) is 5.78 Å². The third-order valence-corrected chi connectivity index (χ3v) is 4.88. The van der Waals surface area contributed by atoms with Crippen LogP contribution in [0, 0.1) is 11.8 Å². The van der Waals surface area contributed by atoms with Crippen molar-refractivity contribution in [2.24, 2.45) is 11.8 Å². The molecule has 2 aliphatic rings. The van der Waals surface area contributed by atoms with Crippen LogP contribution in [0.25, 0.3) is 0 Å². The van der Waals surface area contributed by atoms with E-state index >= 15 is 0 Å². The highest BCUT2D eigenvalue weighted by atomic mass is 16.1. The Bertz CT molecular complexity index is 409. The summed E-state index contributed by atoms with van der Waals surface area (Å²) in [6.45, 7) is 0. The molecule has 3 rings (SSSR count). The molecule has 1 heteroatoms. The molecule has 0 amide bonds. The Kier molecular flexibility index (Phi) is 3.49. The van der Waals surface area contributed by atoms with Crippen molar-refractivity contribution < 1.29 is 4.79 Å². The van der Waals surface area contributed by atoms with Gasteiger partial charge in [-0.25, -0.2) is 0 Å². The van der Waals surface area contributed by atoms with E-state index in [1.807, 2.05) is 0 Å². The van der Waals surface area contributed by atoms with E-state index in [-0.39, 0.29) is 0 Å². The minimum atomic E-state index is 0.371. The van der Waals surface area contributed by atoms with Crippen molar-refractivity contribution in [3.8, 4) is 0 Å². The van der Waals surface area contributed by atoms with Crippen LogP contribution < -0.4 is 0 Å². The topological polar surface area (TPSA) is 17.1 Å². The molecular formula is C17H22O. The Labute approximate surface area is 110 Å². The lowest BCUT2D eigenvalue weighted by Gasteiger charge is -2.20. The molecule has 0 unspecified atom stereocenters. The molecule has 2 saturated carbocycles. The summed E-state index contributed by atoms with van der Waals surface area (Å²) in [4.78, 5) is 12.2. The molecule has 2 fully saturated rings. The van der Waals surface area contributed by atoms with E-state index in [9.17, 15) is 4.79 Å². The van der Waals surface area contributed by atoms with Crippen LogP contribution in [0.15, 0.2) is 30.3 Å². The minimum absolute atomic E-state index is 0.371. The van der Waals surface area contributed by atoms with Crippen LogP contribution in [0.5, 0.6) is 0 Å². The Morgan fingerprint density at radius 1 is 0.944 bits per heavy atom. The fourth-order valence-electron chi connectivity index (χ4n) is 3.90. The van der Waals surface area contributed by atoms with Crippen LogP contribution in [0.3, 0.4) is 0 Å². The molecular weight excluding hydrogens is 220 g/mol. The lowest BCUT2D eigenvalue weighted by molar-refractivity contribution is -0.124. The maximum absolute atomic E-state index is 12.2. The number of ketones is 1. The zero-order chi connectivity index (χ0) is 12.4. The molecule has 0 aromatic heterocycles. The van der Waals surface area contributed by atoms with Gasteiger partial charge in [0.05, 0.1) is 0 Å². The fraction of sp³-hybridized carbons (Fsp3) is 0.588. The van der Waals surface area contributed by atoms with E-state index in [0.29, 0.717) is 23.5 Å². The van der Waals surface area contributed by atoms with E-state index in [1.54, 1.807) is 0 Å². The SMILES string of the molecule is O=C1CCCCC[C@@H]2C[C@H](c3ccccc3)C[C@@H]12. The Hall–Kier alpha value is -1.11. The van der Waals surface area contributed by atoms with E-state index < -0.39 is 0 Å². The van der Waals surface area contributed by atoms with Gasteiger partial charge in [0, 0.05) is 12.3 Å². The first-order valence-corrected chi connectivity index (χ1v) is 7.42. The summed E-state index contributed by atoms with van der Waals surface area (Å²) in [7, 11) is 0. The van der Waals surface area contributed by atoms with Gasteiger partial charge in [0.15, 0.2) is 0 Å². The smallest absolute Gasteiger partial charge is 0.136 e. The van der Waals surface area contributed by atoms with Gasteiger partial charge in [-0.2, -0.15) is 0 Å². The van der Waals surface area contributed by atoms with Crippen LogP contribution in [-0.2, 0) is 4.79 Å². The second-order valence-electron chi connectivity index (χ2n) is 6.01. The van der Waals surface area contributed by atoms with Crippen LogP contribution in [0.1, 0.15) is 56.4 Å². The summed E-state index contributed by atoms with van der Waals surface area (Å²) in [5, 5.41) is 0. The largest absolute Gasteiger partial charge is 0.299 e. The summed E-state index contributed by atoms with van der Waals surface area (Å²) in [6, 6.07) is 10.8. The number of carbonyl (C=O) groups excluding carboxylic acids is 1. The number of benzene rings is 1. The number of hydrogen-bond donors (Lipinski definition) is 0. The van der Waals surface area contributed by atoms with Crippen molar-refractivity contribution in [3.63, 3.8) is 0 Å². The molecule has 0 bridgehead atoms. The van der Waals surface area contributed by atoms with Crippen molar-refractivity contribution in [1.82, 2.24) is 0 Å². The quantitative estimate of drug-likeness (QED) is 0.716. The Morgan fingerprint density at radius 3 is 2.61 bits per heavy atom. The lowest BCUT2D eigenvalue weighted by Crippen LogP contribution is -2.20. The van der Waals surface area contributed by atoms with Crippen molar-refractivity contribution in [3.05, 3.63) is 35.9 Å². The van der Waals surface area contributed by atoms with E-state index in [0.717, 1.165) is 19.3 Å². The average molecular weight is 242 g/mol. The molecule has 0 aliphatic heterocycles. The highest BCUT2D eigenvalue weighted by Crippen LogP contribution is 2.46. The highest BCUT2D eigenvalue weighted by Gasteiger charge is 2.38. The van der Waals surface area contributed by atoms with E-state index in [1.165, 1.54) is 31.2 Å². The first-order chi connectivity index (χ1) is 8.84. The molecule has 0 heterocycles. The zero-order valence-electron chi connectivity index (χ0n) is 11.0. The van der Waals surface area contributed by atoms with E-state index in [2.05, 4.69) is 30.3 Å². The molecule has 0 radical (unpaired) electrons. The number of carbonyl (C=O) groups is 1. The maximum atomic E-state index is 12.2. The summed E-state index contributed by atoms with van der Waals surface area (Å²) < 4.78 is 0. The second-order valence-corrected chi connectivity index (χ2v) is 6.01. The number of rotatable bonds is 1. The summed E-state index contributed by atoms with van der Waals surface area (Å²) in [6.07, 6.45) is 8.16. The normalized spacial score (nSPS) is 32.7. The molecule has 1 nitrogen and oxygen atoms in total. The lowest BCUT2D eigenvalue weighted by atomic mass is 9.83. The van der Waals surface area contributed by atoms with Crippen molar-refractivity contribution in [2.75, 3.05) is 0 Å². The monoisotopic (exact) mass is 242 g/mol. The Balaban J connectivity index is 1.77. The molecule has 0 spiro atoms. The molecule has 1 aromatic carbocycles. The van der Waals surface area contributed by atoms with Gasteiger partial charge >= 0.3 is 0 Å². The number of fused-ring (bicyclic) bond motifs is 1. The molecule has 96 valence electrons. The predicted octanol–water partition coefficient (Wildman–Crippen LogP) is 4.33. The average Bonchev–Trinajstić information content (AvgIpc) is 2.81. The molecule has 18 heavy (non-hydrogen) atoms. The van der Waals surface area contributed by atoms with Gasteiger partial charge in [-0.15, -0.1) is 0 Å². The van der Waals surface area contributed by atoms with Gasteiger partial charge in [-0.05, 0) is 43.1 Å². The summed E-state index contributed by atoms with van der Waals surface area (Å²) in [5.74, 6) is 2.22. The van der Waals surface area contributed by atoms with Crippen LogP contribution in [0.4, 0.5) is 0 Å². The summed E-state index contributed by atoms with van der Waals surface area (Å²) in [5.41, 5.74) is 1.44. The van der Waals surface area contributed by atoms with Crippen LogP contribution in [0.2, 0.25) is 0 Å². The van der Waals surface area contributed by atoms with Crippen molar-refractivity contribution in [1.29, 1.82) is 0 Å². The first kappa shape index (κ1) is 12.0. The molecule has 0 saturated heterocycles. The number of hydrogen-bond acceptors (Lipinski definition) is 1. The van der Waals surface area contributed by atoms with E-state index in [4.69, 9.17) is 0 Å². The van der Waals surface area contributed by atoms with Gasteiger partial charge < -0.3 is 0 Å². The summed E-state index contributed by atoms with van der Waals surface area (Å²) >= 11 is 0. The predicted molar refractivity (Wildman–Crippen MR) is 73.5 cm³/mol. The van der Waals surface area contributed by atoms with Crippen molar-refractivity contribution in [2.45, 2.75) is 50.9 Å². The third-order valence-electron chi connectivity index (χ3n) is 4.88.